The van der Waals surface area contributed by atoms with E-state index in [0.717, 1.165) is 12.1 Å². The zero-order valence-corrected chi connectivity index (χ0v) is 11.0. The van der Waals surface area contributed by atoms with Gasteiger partial charge in [0, 0.05) is 17.8 Å². The topological polar surface area (TPSA) is 32.3 Å². The van der Waals surface area contributed by atoms with Gasteiger partial charge >= 0.3 is 0 Å². The normalized spacial score (nSPS) is 14.6. The predicted molar refractivity (Wildman–Crippen MR) is 67.0 cm³/mol. The fourth-order valence-corrected chi connectivity index (χ4v) is 2.21. The zero-order valence-electron chi connectivity index (χ0n) is 10.2. The number of aliphatic hydroxyl groups excluding tert-OH is 1. The lowest BCUT2D eigenvalue weighted by molar-refractivity contribution is 0.275. The van der Waals surface area contributed by atoms with Gasteiger partial charge in [-0.05, 0) is 30.9 Å². The fourth-order valence-electron chi connectivity index (χ4n) is 1.56. The van der Waals surface area contributed by atoms with Gasteiger partial charge in [-0.2, -0.15) is 11.8 Å². The molecule has 0 aliphatic heterocycles. The van der Waals surface area contributed by atoms with Crippen LogP contribution >= 0.6 is 11.8 Å². The molecule has 0 aromatic heterocycles. The Morgan fingerprint density at radius 2 is 1.83 bits per heavy atom. The van der Waals surface area contributed by atoms with Gasteiger partial charge in [0.15, 0.2) is 17.5 Å². The molecule has 102 valence electrons. The van der Waals surface area contributed by atoms with E-state index in [4.69, 9.17) is 5.11 Å². The number of benzene rings is 1. The van der Waals surface area contributed by atoms with E-state index >= 15 is 0 Å². The predicted octanol–water partition coefficient (Wildman–Crippen LogP) is 2.31. The molecule has 2 N–H and O–H groups in total. The second-order valence-electron chi connectivity index (χ2n) is 4.00. The number of rotatable bonds is 6. The summed E-state index contributed by atoms with van der Waals surface area (Å²) in [4.78, 5) is 0. The van der Waals surface area contributed by atoms with Gasteiger partial charge in [0.2, 0.25) is 0 Å². The summed E-state index contributed by atoms with van der Waals surface area (Å²) in [5.74, 6) is -3.84. The molecule has 0 spiro atoms. The molecule has 2 nitrogen and oxygen atoms in total. The number of halogens is 3. The molecular weight excluding hydrogens is 263 g/mol. The molecule has 0 radical (unpaired) electrons. The van der Waals surface area contributed by atoms with Crippen molar-refractivity contribution in [2.75, 3.05) is 12.9 Å². The molecule has 2 unspecified atom stereocenters. The minimum atomic E-state index is -1.45. The molecule has 2 atom stereocenters. The molecule has 0 aliphatic carbocycles. The third kappa shape index (κ3) is 3.90. The molecule has 1 aromatic carbocycles. The molecule has 0 saturated carbocycles. The molecule has 1 aromatic rings. The van der Waals surface area contributed by atoms with E-state index in [1.165, 1.54) is 11.8 Å². The van der Waals surface area contributed by atoms with Crippen molar-refractivity contribution in [3.63, 3.8) is 0 Å². The number of hydrogen-bond acceptors (Lipinski definition) is 3. The largest absolute Gasteiger partial charge is 0.395 e. The molecule has 0 fully saturated rings. The lowest BCUT2D eigenvalue weighted by Gasteiger charge is -2.21. The maximum atomic E-state index is 13.0. The van der Waals surface area contributed by atoms with Gasteiger partial charge in [-0.1, -0.05) is 0 Å². The van der Waals surface area contributed by atoms with Crippen LogP contribution < -0.4 is 5.32 Å². The Bertz CT molecular complexity index is 376. The van der Waals surface area contributed by atoms with Gasteiger partial charge in [-0.15, -0.1) is 0 Å². The average molecular weight is 279 g/mol. The Kier molecular flexibility index (Phi) is 5.98. The summed E-state index contributed by atoms with van der Waals surface area (Å²) in [6, 6.07) is 1.90. The van der Waals surface area contributed by atoms with E-state index in [2.05, 4.69) is 5.32 Å². The Labute approximate surface area is 109 Å². The molecule has 0 saturated heterocycles. The van der Waals surface area contributed by atoms with Crippen LogP contribution in [0.1, 0.15) is 12.5 Å². The summed E-state index contributed by atoms with van der Waals surface area (Å²) >= 11 is 1.50. The molecule has 1 rings (SSSR count). The first kappa shape index (κ1) is 15.3. The van der Waals surface area contributed by atoms with Crippen LogP contribution in [0, 0.1) is 17.5 Å². The Balaban J connectivity index is 2.64. The van der Waals surface area contributed by atoms with Crippen molar-refractivity contribution in [3.8, 4) is 0 Å². The smallest absolute Gasteiger partial charge is 0.194 e. The third-order valence-electron chi connectivity index (χ3n) is 2.71. The van der Waals surface area contributed by atoms with Gasteiger partial charge in [0.05, 0.1) is 6.61 Å². The molecule has 0 aliphatic rings. The van der Waals surface area contributed by atoms with Crippen molar-refractivity contribution in [1.82, 2.24) is 5.32 Å². The Morgan fingerprint density at radius 3 is 2.28 bits per heavy atom. The zero-order chi connectivity index (χ0) is 13.7. The van der Waals surface area contributed by atoms with Crippen LogP contribution in [-0.2, 0) is 6.54 Å². The molecule has 6 heteroatoms. The van der Waals surface area contributed by atoms with Crippen LogP contribution in [0.4, 0.5) is 13.2 Å². The van der Waals surface area contributed by atoms with Crippen molar-refractivity contribution in [3.05, 3.63) is 35.1 Å². The lowest BCUT2D eigenvalue weighted by Crippen LogP contribution is -2.37. The Morgan fingerprint density at radius 1 is 1.28 bits per heavy atom. The molecule has 0 heterocycles. The van der Waals surface area contributed by atoms with Crippen LogP contribution in [-0.4, -0.2) is 29.3 Å². The van der Waals surface area contributed by atoms with Crippen molar-refractivity contribution in [1.29, 1.82) is 0 Å². The lowest BCUT2D eigenvalue weighted by atomic mass is 10.1. The summed E-state index contributed by atoms with van der Waals surface area (Å²) < 4.78 is 38.7. The van der Waals surface area contributed by atoms with E-state index < -0.39 is 17.5 Å². The highest BCUT2D eigenvalue weighted by Crippen LogP contribution is 2.15. The second-order valence-corrected chi connectivity index (χ2v) is 5.08. The minimum Gasteiger partial charge on any atom is -0.395 e. The van der Waals surface area contributed by atoms with E-state index in [9.17, 15) is 13.2 Å². The van der Waals surface area contributed by atoms with Crippen molar-refractivity contribution >= 4 is 11.8 Å². The molecular formula is C12H16F3NOS. The monoisotopic (exact) mass is 279 g/mol. The van der Waals surface area contributed by atoms with E-state index in [1.54, 1.807) is 0 Å². The fraction of sp³-hybridized carbons (Fsp3) is 0.500. The second kappa shape index (κ2) is 7.01. The first-order valence-electron chi connectivity index (χ1n) is 5.50. The van der Waals surface area contributed by atoms with Crippen molar-refractivity contribution < 1.29 is 18.3 Å². The summed E-state index contributed by atoms with van der Waals surface area (Å²) in [7, 11) is 0. The molecule has 0 bridgehead atoms. The highest BCUT2D eigenvalue weighted by atomic mass is 32.2. The van der Waals surface area contributed by atoms with Gasteiger partial charge < -0.3 is 10.4 Å². The highest BCUT2D eigenvalue weighted by Gasteiger charge is 2.15. The van der Waals surface area contributed by atoms with E-state index in [0.29, 0.717) is 5.56 Å². The van der Waals surface area contributed by atoms with Crippen molar-refractivity contribution in [2.45, 2.75) is 24.8 Å². The SMILES string of the molecule is CSC(CO)C(C)NCc1cc(F)c(F)c(F)c1. The number of thioether (sulfide) groups is 1. The van der Waals surface area contributed by atoms with Crippen LogP contribution in [0.15, 0.2) is 12.1 Å². The van der Waals surface area contributed by atoms with Gasteiger partial charge in [0.25, 0.3) is 0 Å². The maximum absolute atomic E-state index is 13.0. The standard InChI is InChI=1S/C12H16F3NOS/c1-7(11(6-17)18-2)16-5-8-3-9(13)12(15)10(14)4-8/h3-4,7,11,16-17H,5-6H2,1-2H3. The number of aliphatic hydroxyl groups is 1. The van der Waals surface area contributed by atoms with Gasteiger partial charge in [0.1, 0.15) is 0 Å². The number of nitrogens with one attached hydrogen (secondary N) is 1. The van der Waals surface area contributed by atoms with E-state index in [-0.39, 0.29) is 24.4 Å². The summed E-state index contributed by atoms with van der Waals surface area (Å²) in [6.07, 6.45) is 1.87. The third-order valence-corrected chi connectivity index (χ3v) is 3.87. The molecule has 0 amide bonds. The van der Waals surface area contributed by atoms with Crippen LogP contribution in [0.25, 0.3) is 0 Å². The van der Waals surface area contributed by atoms with Gasteiger partial charge in [-0.25, -0.2) is 13.2 Å². The first-order valence-corrected chi connectivity index (χ1v) is 6.78. The minimum absolute atomic E-state index is 0.000132. The maximum Gasteiger partial charge on any atom is 0.194 e. The van der Waals surface area contributed by atoms with Crippen molar-refractivity contribution in [2.24, 2.45) is 0 Å². The first-order chi connectivity index (χ1) is 8.49. The summed E-state index contributed by atoms with van der Waals surface area (Å²) in [5.41, 5.74) is 0.330. The van der Waals surface area contributed by atoms with E-state index in [1.807, 2.05) is 13.2 Å². The quantitative estimate of drug-likeness (QED) is 0.784. The number of hydrogen-bond donors (Lipinski definition) is 2. The highest BCUT2D eigenvalue weighted by molar-refractivity contribution is 7.99. The average Bonchev–Trinajstić information content (AvgIpc) is 2.34. The van der Waals surface area contributed by atoms with Crippen LogP contribution in [0.3, 0.4) is 0 Å². The summed E-state index contributed by atoms with van der Waals surface area (Å²) in [6.45, 7) is 2.10. The van der Waals surface area contributed by atoms with Gasteiger partial charge in [-0.3, -0.25) is 0 Å². The van der Waals surface area contributed by atoms with Crippen LogP contribution in [0.2, 0.25) is 0 Å². The Hall–Kier alpha value is -0.720. The molecule has 18 heavy (non-hydrogen) atoms. The summed E-state index contributed by atoms with van der Waals surface area (Å²) in [5, 5.41) is 12.1. The van der Waals surface area contributed by atoms with Crippen LogP contribution in [0.5, 0.6) is 0 Å².